The first kappa shape index (κ1) is 22.4. The molecule has 1 saturated heterocycles. The van der Waals surface area contributed by atoms with Crippen molar-refractivity contribution >= 4 is 29.0 Å². The van der Waals surface area contributed by atoms with Crippen molar-refractivity contribution in [3.63, 3.8) is 0 Å². The van der Waals surface area contributed by atoms with Gasteiger partial charge in [-0.1, -0.05) is 48.0 Å². The number of amides is 3. The number of carbonyl (C=O) groups excluding carboxylic acids is 2. The quantitative estimate of drug-likeness (QED) is 0.468. The van der Waals surface area contributed by atoms with Gasteiger partial charge in [-0.05, 0) is 62.1 Å². The second-order valence-corrected chi connectivity index (χ2v) is 8.40. The highest BCUT2D eigenvalue weighted by atomic mass is 16.2. The van der Waals surface area contributed by atoms with Crippen LogP contribution in [-0.4, -0.2) is 25.0 Å². The van der Waals surface area contributed by atoms with Gasteiger partial charge in [0.25, 0.3) is 5.91 Å². The van der Waals surface area contributed by atoms with E-state index in [1.165, 1.54) is 6.42 Å². The Morgan fingerprint density at radius 2 is 1.64 bits per heavy atom. The van der Waals surface area contributed by atoms with Crippen molar-refractivity contribution in [1.29, 1.82) is 0 Å². The fraction of sp³-hybridized carbons (Fsp3) is 0.259. The summed E-state index contributed by atoms with van der Waals surface area (Å²) in [5.74, 6) is -0.177. The molecule has 33 heavy (non-hydrogen) atoms. The average molecular weight is 443 g/mol. The summed E-state index contributed by atoms with van der Waals surface area (Å²) in [6.07, 6.45) is 3.48. The van der Waals surface area contributed by atoms with Crippen LogP contribution in [-0.2, 0) is 6.54 Å². The minimum atomic E-state index is -0.278. The lowest BCUT2D eigenvalue weighted by atomic mass is 10.1. The maximum atomic E-state index is 12.7. The molecule has 0 spiro atoms. The molecule has 3 aromatic rings. The number of hydrogen-bond donors (Lipinski definition) is 3. The van der Waals surface area contributed by atoms with Crippen molar-refractivity contribution in [3.05, 3.63) is 89.5 Å². The van der Waals surface area contributed by atoms with Gasteiger partial charge in [0.1, 0.15) is 0 Å². The van der Waals surface area contributed by atoms with Crippen LogP contribution in [0.1, 0.15) is 40.7 Å². The standard InChI is InChI=1S/C27H30N4O2/c1-20-9-8-12-22(17-20)26(32)29-23-13-14-25(31-15-6-3-7-16-31)24(18-23)30-27(33)28-19-21-10-4-2-5-11-21/h2,4-5,8-14,17-18H,3,6-7,15-16,19H2,1H3,(H,29,32)(H2,28,30,33). The smallest absolute Gasteiger partial charge is 0.319 e. The molecule has 3 amide bonds. The zero-order valence-electron chi connectivity index (χ0n) is 18.9. The molecule has 0 aliphatic carbocycles. The van der Waals surface area contributed by atoms with E-state index in [1.807, 2.05) is 73.7 Å². The number of anilines is 3. The van der Waals surface area contributed by atoms with Gasteiger partial charge in [-0.15, -0.1) is 0 Å². The highest BCUT2D eigenvalue weighted by molar-refractivity contribution is 6.05. The van der Waals surface area contributed by atoms with E-state index in [4.69, 9.17) is 0 Å². The van der Waals surface area contributed by atoms with Crippen molar-refractivity contribution in [2.24, 2.45) is 0 Å². The van der Waals surface area contributed by atoms with E-state index in [0.717, 1.165) is 42.7 Å². The number of hydrogen-bond acceptors (Lipinski definition) is 3. The van der Waals surface area contributed by atoms with Crippen molar-refractivity contribution in [2.45, 2.75) is 32.7 Å². The maximum Gasteiger partial charge on any atom is 0.319 e. The van der Waals surface area contributed by atoms with Gasteiger partial charge in [0, 0.05) is 30.9 Å². The number of aryl methyl sites for hydroxylation is 1. The third-order valence-corrected chi connectivity index (χ3v) is 5.78. The summed E-state index contributed by atoms with van der Waals surface area (Å²) in [6, 6.07) is 22.7. The zero-order valence-corrected chi connectivity index (χ0v) is 18.9. The topological polar surface area (TPSA) is 73.5 Å². The van der Waals surface area contributed by atoms with Gasteiger partial charge < -0.3 is 20.9 Å². The minimum absolute atomic E-state index is 0.177. The first-order valence-corrected chi connectivity index (χ1v) is 11.4. The van der Waals surface area contributed by atoms with Crippen molar-refractivity contribution in [3.8, 4) is 0 Å². The molecule has 0 saturated carbocycles. The summed E-state index contributed by atoms with van der Waals surface area (Å²) in [7, 11) is 0. The Morgan fingerprint density at radius 3 is 2.39 bits per heavy atom. The van der Waals surface area contributed by atoms with Crippen LogP contribution in [0.3, 0.4) is 0 Å². The zero-order chi connectivity index (χ0) is 23.0. The predicted molar refractivity (Wildman–Crippen MR) is 134 cm³/mol. The van der Waals surface area contributed by atoms with Gasteiger partial charge in [0.2, 0.25) is 0 Å². The van der Waals surface area contributed by atoms with Crippen LogP contribution >= 0.6 is 0 Å². The van der Waals surface area contributed by atoms with Gasteiger partial charge in [-0.2, -0.15) is 0 Å². The van der Waals surface area contributed by atoms with Crippen molar-refractivity contribution < 1.29 is 9.59 Å². The summed E-state index contributed by atoms with van der Waals surface area (Å²) < 4.78 is 0. The summed E-state index contributed by atoms with van der Waals surface area (Å²) in [5.41, 5.74) is 4.96. The Kier molecular flexibility index (Phi) is 7.25. The molecule has 0 aromatic heterocycles. The number of urea groups is 1. The van der Waals surface area contributed by atoms with E-state index < -0.39 is 0 Å². The van der Waals surface area contributed by atoms with Crippen LogP contribution in [0.4, 0.5) is 21.9 Å². The number of piperidine rings is 1. The Bertz CT molecular complexity index is 1110. The Morgan fingerprint density at radius 1 is 0.848 bits per heavy atom. The SMILES string of the molecule is Cc1cccc(C(=O)Nc2ccc(N3CCCCC3)c(NC(=O)NCc3ccccc3)c2)c1. The molecule has 0 bridgehead atoms. The summed E-state index contributed by atoms with van der Waals surface area (Å²) in [4.78, 5) is 27.7. The molecular weight excluding hydrogens is 412 g/mol. The van der Waals surface area contributed by atoms with Gasteiger partial charge in [0.15, 0.2) is 0 Å². The minimum Gasteiger partial charge on any atom is -0.370 e. The molecule has 6 nitrogen and oxygen atoms in total. The molecule has 4 rings (SSSR count). The molecule has 170 valence electrons. The summed E-state index contributed by atoms with van der Waals surface area (Å²) >= 11 is 0. The highest BCUT2D eigenvalue weighted by Gasteiger charge is 2.17. The molecule has 1 aliphatic rings. The molecule has 0 unspecified atom stereocenters. The van der Waals surface area contributed by atoms with E-state index in [0.29, 0.717) is 23.5 Å². The summed E-state index contributed by atoms with van der Waals surface area (Å²) in [5, 5.41) is 8.87. The third-order valence-electron chi connectivity index (χ3n) is 5.78. The first-order valence-electron chi connectivity index (χ1n) is 11.4. The molecule has 1 fully saturated rings. The Labute approximate surface area is 195 Å². The number of benzene rings is 3. The fourth-order valence-corrected chi connectivity index (χ4v) is 4.06. The second-order valence-electron chi connectivity index (χ2n) is 8.40. The molecular formula is C27H30N4O2. The van der Waals surface area contributed by atoms with Gasteiger partial charge >= 0.3 is 6.03 Å². The average Bonchev–Trinajstić information content (AvgIpc) is 2.84. The molecule has 0 atom stereocenters. The van der Waals surface area contributed by atoms with E-state index in [-0.39, 0.29) is 11.9 Å². The second kappa shape index (κ2) is 10.7. The van der Waals surface area contributed by atoms with Crippen LogP contribution in [0, 0.1) is 6.92 Å². The molecule has 6 heteroatoms. The highest BCUT2D eigenvalue weighted by Crippen LogP contribution is 2.31. The van der Waals surface area contributed by atoms with Gasteiger partial charge in [-0.3, -0.25) is 4.79 Å². The van der Waals surface area contributed by atoms with Crippen LogP contribution in [0.15, 0.2) is 72.8 Å². The van der Waals surface area contributed by atoms with Crippen LogP contribution in [0.5, 0.6) is 0 Å². The van der Waals surface area contributed by atoms with Crippen molar-refractivity contribution in [2.75, 3.05) is 28.6 Å². The number of nitrogens with zero attached hydrogens (tertiary/aromatic N) is 1. The number of rotatable bonds is 6. The van der Waals surface area contributed by atoms with Gasteiger partial charge in [0.05, 0.1) is 11.4 Å². The van der Waals surface area contributed by atoms with E-state index in [2.05, 4.69) is 20.9 Å². The van der Waals surface area contributed by atoms with E-state index in [9.17, 15) is 9.59 Å². The first-order chi connectivity index (χ1) is 16.1. The van der Waals surface area contributed by atoms with Gasteiger partial charge in [-0.25, -0.2) is 4.79 Å². The Balaban J connectivity index is 1.51. The number of carbonyl (C=O) groups is 2. The van der Waals surface area contributed by atoms with E-state index in [1.54, 1.807) is 6.07 Å². The van der Waals surface area contributed by atoms with E-state index >= 15 is 0 Å². The lowest BCUT2D eigenvalue weighted by Gasteiger charge is -2.31. The normalized spacial score (nSPS) is 13.3. The molecule has 1 aliphatic heterocycles. The molecule has 3 aromatic carbocycles. The number of nitrogens with one attached hydrogen (secondary N) is 3. The summed E-state index contributed by atoms with van der Waals surface area (Å²) in [6.45, 7) is 4.31. The van der Waals surface area contributed by atoms with Crippen LogP contribution in [0.25, 0.3) is 0 Å². The largest absolute Gasteiger partial charge is 0.370 e. The van der Waals surface area contributed by atoms with Crippen LogP contribution < -0.4 is 20.9 Å². The monoisotopic (exact) mass is 442 g/mol. The maximum absolute atomic E-state index is 12.7. The lowest BCUT2D eigenvalue weighted by molar-refractivity contribution is 0.102. The lowest BCUT2D eigenvalue weighted by Crippen LogP contribution is -2.32. The molecule has 1 heterocycles. The molecule has 3 N–H and O–H groups in total. The van der Waals surface area contributed by atoms with Crippen molar-refractivity contribution in [1.82, 2.24) is 5.32 Å². The molecule has 0 radical (unpaired) electrons. The van der Waals surface area contributed by atoms with Crippen LogP contribution in [0.2, 0.25) is 0 Å². The fourth-order valence-electron chi connectivity index (χ4n) is 4.06. The third kappa shape index (κ3) is 6.13. The Hall–Kier alpha value is -3.80. The predicted octanol–water partition coefficient (Wildman–Crippen LogP) is 5.56.